The van der Waals surface area contributed by atoms with Crippen LogP contribution in [0.1, 0.15) is 48.7 Å². The van der Waals surface area contributed by atoms with Gasteiger partial charge >= 0.3 is 0 Å². The summed E-state index contributed by atoms with van der Waals surface area (Å²) in [7, 11) is 0. The molecule has 1 aromatic carbocycles. The maximum Gasteiger partial charge on any atom is 0.237 e. The van der Waals surface area contributed by atoms with Crippen LogP contribution in [0.2, 0.25) is 0 Å². The molecule has 11 heteroatoms. The first-order valence-corrected chi connectivity index (χ1v) is 14.6. The van der Waals surface area contributed by atoms with Crippen LogP contribution in [-0.4, -0.2) is 34.2 Å². The van der Waals surface area contributed by atoms with Gasteiger partial charge < -0.3 is 15.1 Å². The Morgan fingerprint density at radius 3 is 2.85 bits per heavy atom. The first-order valence-electron chi connectivity index (χ1n) is 12.8. The van der Waals surface area contributed by atoms with Crippen LogP contribution < -0.4 is 15.5 Å². The van der Waals surface area contributed by atoms with Gasteiger partial charge in [0.05, 0.1) is 23.3 Å². The van der Waals surface area contributed by atoms with E-state index in [0.29, 0.717) is 52.4 Å². The molecule has 198 valence electrons. The van der Waals surface area contributed by atoms with E-state index >= 15 is 0 Å². The summed E-state index contributed by atoms with van der Waals surface area (Å²) < 4.78 is 6.48. The number of amides is 1. The fourth-order valence-electron chi connectivity index (χ4n) is 5.54. The van der Waals surface area contributed by atoms with Crippen molar-refractivity contribution < 1.29 is 14.0 Å². The lowest BCUT2D eigenvalue weighted by atomic mass is 9.78. The van der Waals surface area contributed by atoms with Gasteiger partial charge in [0.1, 0.15) is 17.3 Å². The molecule has 2 aliphatic heterocycles. The molecule has 4 heterocycles. The molecular weight excluding hydrogens is 532 g/mol. The van der Waals surface area contributed by atoms with Gasteiger partial charge in [-0.1, -0.05) is 41.3 Å². The average Bonchev–Trinajstić information content (AvgIpc) is 3.59. The number of nitriles is 1. The third-order valence-electron chi connectivity index (χ3n) is 7.28. The number of fused-ring (bicyclic) bond motifs is 1. The fraction of sp³-hybridized carbons (Fsp3) is 0.321. The highest BCUT2D eigenvalue weighted by atomic mass is 32.2. The monoisotopic (exact) mass is 558 g/mol. The quantitative estimate of drug-likeness (QED) is 0.438. The SMILES string of the molecule is Cc1ccc(C2C(C#N)=C(N)N(c3nnc(SCC(=O)N4CCCc5ccccc54)s3)C3=C2C(=O)CCC3)o1. The molecule has 1 amide bonds. The molecule has 1 aliphatic carbocycles. The molecule has 39 heavy (non-hydrogen) atoms. The van der Waals surface area contributed by atoms with E-state index in [9.17, 15) is 14.9 Å². The number of hydrogen-bond donors (Lipinski definition) is 1. The predicted molar refractivity (Wildman–Crippen MR) is 149 cm³/mol. The molecule has 3 aliphatic rings. The smallest absolute Gasteiger partial charge is 0.237 e. The number of rotatable bonds is 5. The van der Waals surface area contributed by atoms with E-state index in [0.717, 1.165) is 24.2 Å². The highest BCUT2D eigenvalue weighted by Gasteiger charge is 2.42. The van der Waals surface area contributed by atoms with Crippen molar-refractivity contribution in [3.05, 3.63) is 76.1 Å². The van der Waals surface area contributed by atoms with Gasteiger partial charge in [-0.2, -0.15) is 5.26 Å². The lowest BCUT2D eigenvalue weighted by Crippen LogP contribution is -2.38. The Labute approximate surface area is 234 Å². The van der Waals surface area contributed by atoms with Crippen molar-refractivity contribution in [2.24, 2.45) is 5.73 Å². The van der Waals surface area contributed by atoms with Crippen LogP contribution in [0.5, 0.6) is 0 Å². The number of nitrogens with two attached hydrogens (primary N) is 1. The summed E-state index contributed by atoms with van der Waals surface area (Å²) in [4.78, 5) is 29.9. The molecule has 2 N–H and O–H groups in total. The number of ketones is 1. The van der Waals surface area contributed by atoms with Crippen LogP contribution >= 0.6 is 23.1 Å². The van der Waals surface area contributed by atoms with Gasteiger partial charge in [0.15, 0.2) is 10.1 Å². The number of carbonyl (C=O) groups excluding carboxylic acids is 2. The normalized spacial score (nSPS) is 19.2. The number of thioether (sulfide) groups is 1. The Bertz CT molecular complexity index is 1580. The predicted octanol–water partition coefficient (Wildman–Crippen LogP) is 4.82. The third-order valence-corrected chi connectivity index (χ3v) is 9.30. The molecule has 0 bridgehead atoms. The zero-order chi connectivity index (χ0) is 27.1. The zero-order valence-electron chi connectivity index (χ0n) is 21.3. The van der Waals surface area contributed by atoms with Gasteiger partial charge in [0, 0.05) is 29.9 Å². The second-order valence-corrected chi connectivity index (χ2v) is 11.9. The minimum absolute atomic E-state index is 0.0208. The molecule has 2 aromatic heterocycles. The Balaban J connectivity index is 1.27. The van der Waals surface area contributed by atoms with Crippen LogP contribution in [0, 0.1) is 18.3 Å². The van der Waals surface area contributed by atoms with Gasteiger partial charge in [-0.15, -0.1) is 10.2 Å². The van der Waals surface area contributed by atoms with Crippen molar-refractivity contribution in [1.82, 2.24) is 10.2 Å². The summed E-state index contributed by atoms with van der Waals surface area (Å²) in [5.74, 6) is 1.03. The van der Waals surface area contributed by atoms with Gasteiger partial charge in [0.25, 0.3) is 0 Å². The lowest BCUT2D eigenvalue weighted by Gasteiger charge is -2.37. The van der Waals surface area contributed by atoms with E-state index in [4.69, 9.17) is 10.2 Å². The van der Waals surface area contributed by atoms with E-state index in [1.807, 2.05) is 36.1 Å². The van der Waals surface area contributed by atoms with E-state index in [2.05, 4.69) is 22.3 Å². The number of aryl methyl sites for hydroxylation is 2. The molecule has 9 nitrogen and oxygen atoms in total. The number of nitrogens with zero attached hydrogens (tertiary/aromatic N) is 5. The minimum Gasteiger partial charge on any atom is -0.465 e. The Morgan fingerprint density at radius 2 is 2.05 bits per heavy atom. The second kappa shape index (κ2) is 10.4. The van der Waals surface area contributed by atoms with E-state index in [1.54, 1.807) is 11.0 Å². The van der Waals surface area contributed by atoms with Crippen molar-refractivity contribution >= 4 is 45.6 Å². The number of carbonyl (C=O) groups is 2. The molecule has 6 rings (SSSR count). The van der Waals surface area contributed by atoms with Crippen molar-refractivity contribution in [2.45, 2.75) is 49.3 Å². The fourth-order valence-corrected chi connectivity index (χ4v) is 7.30. The molecule has 3 aromatic rings. The molecule has 0 saturated carbocycles. The maximum absolute atomic E-state index is 13.2. The minimum atomic E-state index is -0.644. The molecule has 0 spiro atoms. The Hall–Kier alpha value is -3.88. The summed E-state index contributed by atoms with van der Waals surface area (Å²) in [6.07, 6.45) is 3.61. The van der Waals surface area contributed by atoms with Crippen LogP contribution in [0.15, 0.2) is 67.8 Å². The van der Waals surface area contributed by atoms with Gasteiger partial charge in [-0.3, -0.25) is 14.5 Å². The highest BCUT2D eigenvalue weighted by molar-refractivity contribution is 8.01. The van der Waals surface area contributed by atoms with E-state index < -0.39 is 5.92 Å². The van der Waals surface area contributed by atoms with Crippen molar-refractivity contribution in [3.8, 4) is 6.07 Å². The van der Waals surface area contributed by atoms with Gasteiger partial charge in [0.2, 0.25) is 11.0 Å². The van der Waals surface area contributed by atoms with Crippen LogP contribution in [0.3, 0.4) is 0 Å². The summed E-state index contributed by atoms with van der Waals surface area (Å²) in [5.41, 5.74) is 10.3. The average molecular weight is 559 g/mol. The summed E-state index contributed by atoms with van der Waals surface area (Å²) in [5, 5.41) is 19.3. The van der Waals surface area contributed by atoms with Crippen LogP contribution in [-0.2, 0) is 16.0 Å². The summed E-state index contributed by atoms with van der Waals surface area (Å²) >= 11 is 2.62. The number of furan rings is 1. The molecule has 0 saturated heterocycles. The molecule has 0 fully saturated rings. The molecule has 1 atom stereocenters. The molecular formula is C28H26N6O3S2. The molecule has 1 unspecified atom stereocenters. The zero-order valence-corrected chi connectivity index (χ0v) is 23.0. The van der Waals surface area contributed by atoms with Crippen LogP contribution in [0.25, 0.3) is 0 Å². The van der Waals surface area contributed by atoms with E-state index in [-0.39, 0.29) is 28.8 Å². The number of aromatic nitrogens is 2. The van der Waals surface area contributed by atoms with Gasteiger partial charge in [-0.05, 0) is 56.4 Å². The number of Topliss-reactive ketones (excluding diaryl/α,β-unsaturated/α-hetero) is 1. The Kier molecular flexibility index (Phi) is 6.74. The third kappa shape index (κ3) is 4.53. The van der Waals surface area contributed by atoms with Crippen LogP contribution in [0.4, 0.5) is 10.8 Å². The number of benzene rings is 1. The topological polar surface area (TPSA) is 129 Å². The summed E-state index contributed by atoms with van der Waals surface area (Å²) in [6, 6.07) is 13.9. The first-order chi connectivity index (χ1) is 19.0. The van der Waals surface area contributed by atoms with Gasteiger partial charge in [-0.25, -0.2) is 0 Å². The summed E-state index contributed by atoms with van der Waals surface area (Å²) in [6.45, 7) is 2.52. The first kappa shape index (κ1) is 25.4. The largest absolute Gasteiger partial charge is 0.465 e. The van der Waals surface area contributed by atoms with Crippen molar-refractivity contribution in [2.75, 3.05) is 22.1 Å². The number of hydrogen-bond acceptors (Lipinski definition) is 10. The number of anilines is 2. The highest BCUT2D eigenvalue weighted by Crippen LogP contribution is 2.47. The Morgan fingerprint density at radius 1 is 1.21 bits per heavy atom. The lowest BCUT2D eigenvalue weighted by molar-refractivity contribution is -0.117. The second-order valence-electron chi connectivity index (χ2n) is 9.68. The maximum atomic E-state index is 13.2. The number of para-hydroxylation sites is 1. The van der Waals surface area contributed by atoms with Crippen molar-refractivity contribution in [3.63, 3.8) is 0 Å². The molecule has 0 radical (unpaired) electrons. The standard InChI is InChI=1S/C28H26N6O3S2/c1-16-11-12-22(37-16)24-18(14-29)26(30)34(20-9-4-10-21(35)25(20)24)27-31-32-28(39-27)38-15-23(36)33-13-5-7-17-6-2-3-8-19(17)33/h2-3,6,8,11-12,24H,4-5,7,9-10,13,15,30H2,1H3. The van der Waals surface area contributed by atoms with Crippen molar-refractivity contribution in [1.29, 1.82) is 5.26 Å². The number of allylic oxidation sites excluding steroid dienone is 3. The van der Waals surface area contributed by atoms with E-state index in [1.165, 1.54) is 28.7 Å².